The van der Waals surface area contributed by atoms with Gasteiger partial charge in [0.15, 0.2) is 0 Å². The van der Waals surface area contributed by atoms with Crippen molar-refractivity contribution in [1.82, 2.24) is 9.47 Å². The van der Waals surface area contributed by atoms with Crippen LogP contribution in [0.5, 0.6) is 0 Å². The molecule has 0 amide bonds. The van der Waals surface area contributed by atoms with Gasteiger partial charge in [0.2, 0.25) is 0 Å². The summed E-state index contributed by atoms with van der Waals surface area (Å²) in [4.78, 5) is 14.1. The lowest BCUT2D eigenvalue weighted by Gasteiger charge is -2.34. The maximum Gasteiger partial charge on any atom is 0.251 e. The third-order valence-corrected chi connectivity index (χ3v) is 4.38. The van der Waals surface area contributed by atoms with Gasteiger partial charge in [-0.05, 0) is 25.1 Å². The van der Waals surface area contributed by atoms with Crippen LogP contribution in [0.15, 0.2) is 29.1 Å². The standard InChI is InChI=1S/C16H19F2N3O2/c17-10-7-12(18)11-1-2-16(23)21(14(11)8-10)6-5-20-4-3-13(19)15(22)9-20/h1-2,7-8,13,15,22H,3-6,9,19H2. The van der Waals surface area contributed by atoms with E-state index in [0.717, 1.165) is 12.6 Å². The molecule has 124 valence electrons. The van der Waals surface area contributed by atoms with Gasteiger partial charge in [0.1, 0.15) is 11.6 Å². The second-order valence-electron chi connectivity index (χ2n) is 5.96. The van der Waals surface area contributed by atoms with E-state index in [0.29, 0.717) is 26.1 Å². The highest BCUT2D eigenvalue weighted by molar-refractivity contribution is 5.79. The lowest BCUT2D eigenvalue weighted by Crippen LogP contribution is -2.51. The number of nitrogens with two attached hydrogens (primary N) is 1. The molecular weight excluding hydrogens is 304 g/mol. The average molecular weight is 323 g/mol. The van der Waals surface area contributed by atoms with Gasteiger partial charge in [-0.1, -0.05) is 0 Å². The molecule has 1 aromatic heterocycles. The minimum Gasteiger partial charge on any atom is -0.390 e. The summed E-state index contributed by atoms with van der Waals surface area (Å²) in [7, 11) is 0. The van der Waals surface area contributed by atoms with Crippen LogP contribution in [0.2, 0.25) is 0 Å². The second-order valence-corrected chi connectivity index (χ2v) is 5.96. The number of aromatic nitrogens is 1. The Labute approximate surface area is 131 Å². The Kier molecular flexibility index (Phi) is 4.43. The van der Waals surface area contributed by atoms with E-state index in [1.54, 1.807) is 0 Å². The third-order valence-electron chi connectivity index (χ3n) is 4.38. The van der Waals surface area contributed by atoms with Crippen LogP contribution >= 0.6 is 0 Å². The van der Waals surface area contributed by atoms with E-state index >= 15 is 0 Å². The van der Waals surface area contributed by atoms with Crippen LogP contribution in [-0.4, -0.2) is 46.4 Å². The van der Waals surface area contributed by atoms with Crippen LogP contribution in [0.1, 0.15) is 6.42 Å². The Balaban J connectivity index is 1.85. The number of nitrogens with zero attached hydrogens (tertiary/aromatic N) is 2. The maximum atomic E-state index is 13.8. The van der Waals surface area contributed by atoms with E-state index < -0.39 is 17.7 Å². The fourth-order valence-corrected chi connectivity index (χ4v) is 3.01. The smallest absolute Gasteiger partial charge is 0.251 e. The lowest BCUT2D eigenvalue weighted by atomic mass is 10.0. The van der Waals surface area contributed by atoms with Crippen molar-refractivity contribution in [2.75, 3.05) is 19.6 Å². The normalized spacial score (nSPS) is 22.6. The fourth-order valence-electron chi connectivity index (χ4n) is 3.01. The Hall–Kier alpha value is -1.83. The van der Waals surface area contributed by atoms with Crippen molar-refractivity contribution < 1.29 is 13.9 Å². The molecule has 1 aliphatic heterocycles. The summed E-state index contributed by atoms with van der Waals surface area (Å²) in [6, 6.07) is 4.40. The summed E-state index contributed by atoms with van der Waals surface area (Å²) in [6.45, 7) is 1.95. The van der Waals surface area contributed by atoms with Crippen LogP contribution in [0.3, 0.4) is 0 Å². The topological polar surface area (TPSA) is 71.5 Å². The van der Waals surface area contributed by atoms with Crippen molar-refractivity contribution in [1.29, 1.82) is 0 Å². The van der Waals surface area contributed by atoms with Gasteiger partial charge in [0, 0.05) is 43.2 Å². The minimum absolute atomic E-state index is 0.215. The molecule has 1 fully saturated rings. The first-order valence-corrected chi connectivity index (χ1v) is 7.60. The fraction of sp³-hybridized carbons (Fsp3) is 0.438. The van der Waals surface area contributed by atoms with E-state index in [-0.39, 0.29) is 22.5 Å². The quantitative estimate of drug-likeness (QED) is 0.871. The third kappa shape index (κ3) is 3.26. The van der Waals surface area contributed by atoms with Crippen LogP contribution in [0.25, 0.3) is 10.9 Å². The first kappa shape index (κ1) is 16.0. The summed E-state index contributed by atoms with van der Waals surface area (Å²) in [5.41, 5.74) is 5.70. The van der Waals surface area contributed by atoms with Gasteiger partial charge < -0.3 is 15.4 Å². The van der Waals surface area contributed by atoms with Crippen molar-refractivity contribution in [2.45, 2.75) is 25.1 Å². The largest absolute Gasteiger partial charge is 0.390 e. The molecule has 0 bridgehead atoms. The first-order valence-electron chi connectivity index (χ1n) is 7.60. The van der Waals surface area contributed by atoms with Crippen molar-refractivity contribution >= 4 is 10.9 Å². The number of piperidine rings is 1. The van der Waals surface area contributed by atoms with Gasteiger partial charge in [0.05, 0.1) is 11.6 Å². The summed E-state index contributed by atoms with van der Waals surface area (Å²) >= 11 is 0. The molecule has 0 spiro atoms. The van der Waals surface area contributed by atoms with Gasteiger partial charge in [-0.2, -0.15) is 0 Å². The van der Waals surface area contributed by atoms with Gasteiger partial charge in [-0.25, -0.2) is 8.78 Å². The second kappa shape index (κ2) is 6.35. The molecule has 23 heavy (non-hydrogen) atoms. The van der Waals surface area contributed by atoms with Crippen LogP contribution < -0.4 is 11.3 Å². The number of halogens is 2. The molecule has 1 saturated heterocycles. The Morgan fingerprint density at radius 1 is 1.26 bits per heavy atom. The highest BCUT2D eigenvalue weighted by Crippen LogP contribution is 2.18. The number of likely N-dealkylation sites (tertiary alicyclic amines) is 1. The van der Waals surface area contributed by atoms with Gasteiger partial charge in [0.25, 0.3) is 5.56 Å². The molecule has 1 aliphatic rings. The summed E-state index contributed by atoms with van der Waals surface area (Å²) in [5, 5.41) is 10.0. The van der Waals surface area contributed by atoms with E-state index in [1.165, 1.54) is 22.8 Å². The molecule has 2 heterocycles. The summed E-state index contributed by atoms with van der Waals surface area (Å²) in [5.74, 6) is -1.40. The van der Waals surface area contributed by atoms with E-state index in [4.69, 9.17) is 5.73 Å². The van der Waals surface area contributed by atoms with Crippen LogP contribution in [-0.2, 0) is 6.54 Å². The number of benzene rings is 1. The van der Waals surface area contributed by atoms with Gasteiger partial charge in [-0.3, -0.25) is 9.69 Å². The predicted molar refractivity (Wildman–Crippen MR) is 83.2 cm³/mol. The van der Waals surface area contributed by atoms with E-state index in [9.17, 15) is 18.7 Å². The molecule has 2 aromatic rings. The van der Waals surface area contributed by atoms with Gasteiger partial charge >= 0.3 is 0 Å². The molecule has 1 aromatic carbocycles. The molecule has 0 radical (unpaired) electrons. The lowest BCUT2D eigenvalue weighted by molar-refractivity contribution is 0.0520. The number of rotatable bonds is 3. The molecule has 7 heteroatoms. The minimum atomic E-state index is -0.714. The Morgan fingerprint density at radius 3 is 2.78 bits per heavy atom. The van der Waals surface area contributed by atoms with Crippen LogP contribution in [0, 0.1) is 11.6 Å². The molecule has 5 nitrogen and oxygen atoms in total. The number of hydrogen-bond acceptors (Lipinski definition) is 4. The zero-order valence-corrected chi connectivity index (χ0v) is 12.6. The number of pyridine rings is 1. The SMILES string of the molecule is NC1CCN(CCn2c(=O)ccc3c(F)cc(F)cc32)CC1O. The van der Waals surface area contributed by atoms with Gasteiger partial charge in [-0.15, -0.1) is 0 Å². The highest BCUT2D eigenvalue weighted by Gasteiger charge is 2.24. The maximum absolute atomic E-state index is 13.8. The number of hydrogen-bond donors (Lipinski definition) is 2. The summed E-state index contributed by atoms with van der Waals surface area (Å²) < 4.78 is 28.7. The van der Waals surface area contributed by atoms with E-state index in [2.05, 4.69) is 0 Å². The Morgan fingerprint density at radius 2 is 2.04 bits per heavy atom. The molecular formula is C16H19F2N3O2. The van der Waals surface area contributed by atoms with Crippen molar-refractivity contribution in [3.63, 3.8) is 0 Å². The van der Waals surface area contributed by atoms with Crippen molar-refractivity contribution in [3.8, 4) is 0 Å². The average Bonchev–Trinajstić information content (AvgIpc) is 2.49. The number of aliphatic hydroxyl groups excluding tert-OH is 1. The van der Waals surface area contributed by atoms with Crippen molar-refractivity contribution in [2.24, 2.45) is 5.73 Å². The van der Waals surface area contributed by atoms with E-state index in [1.807, 2.05) is 4.90 Å². The predicted octanol–water partition coefficient (Wildman–Crippen LogP) is 0.674. The molecule has 0 saturated carbocycles. The van der Waals surface area contributed by atoms with Crippen molar-refractivity contribution in [3.05, 3.63) is 46.3 Å². The first-order chi connectivity index (χ1) is 11.0. The number of aliphatic hydroxyl groups is 1. The number of β-amino-alcohol motifs (C(OH)–C–C–N with tert-alkyl or cyclic N) is 1. The monoisotopic (exact) mass is 323 g/mol. The number of fused-ring (bicyclic) bond motifs is 1. The molecule has 2 unspecified atom stereocenters. The zero-order chi connectivity index (χ0) is 16.6. The molecule has 2 atom stereocenters. The zero-order valence-electron chi connectivity index (χ0n) is 12.6. The summed E-state index contributed by atoms with van der Waals surface area (Å²) in [6.07, 6.45) is 0.0809. The molecule has 0 aliphatic carbocycles. The molecule has 3 rings (SSSR count). The van der Waals surface area contributed by atoms with Crippen LogP contribution in [0.4, 0.5) is 8.78 Å². The Bertz CT molecular complexity index is 778. The molecule has 3 N–H and O–H groups in total. The highest BCUT2D eigenvalue weighted by atomic mass is 19.1.